The number of imidazole rings is 1. The fourth-order valence-corrected chi connectivity index (χ4v) is 5.05. The van der Waals surface area contributed by atoms with Crippen molar-refractivity contribution in [2.75, 3.05) is 0 Å². The van der Waals surface area contributed by atoms with Gasteiger partial charge in [0.2, 0.25) is 0 Å². The van der Waals surface area contributed by atoms with Crippen molar-refractivity contribution in [2.45, 2.75) is 0 Å². The Hall–Kier alpha value is -0.107. The van der Waals surface area contributed by atoms with Gasteiger partial charge in [-0.25, -0.2) is 0 Å². The summed E-state index contributed by atoms with van der Waals surface area (Å²) in [6.45, 7) is 0. The van der Waals surface area contributed by atoms with Crippen molar-refractivity contribution in [1.82, 2.24) is 9.13 Å². The van der Waals surface area contributed by atoms with Gasteiger partial charge in [0.05, 0.1) is 0 Å². The van der Waals surface area contributed by atoms with Crippen LogP contribution >= 0.6 is 19.4 Å². The Morgan fingerprint density at radius 1 is 1.00 bits per heavy atom. The van der Waals surface area contributed by atoms with E-state index in [1.54, 1.807) is 0 Å². The molecule has 78 valence electrons. The Balaban J connectivity index is 3.09. The molecule has 2 rings (SSSR count). The second-order valence-corrected chi connectivity index (χ2v) is 8.70. The molecule has 0 radical (unpaired) electrons. The quantitative estimate of drug-likeness (QED) is 0.661. The van der Waals surface area contributed by atoms with Crippen molar-refractivity contribution < 1.29 is 13.5 Å². The molecule has 0 saturated carbocycles. The zero-order chi connectivity index (χ0) is 10.3. The molecule has 5 heteroatoms. The molecule has 14 heavy (non-hydrogen) atoms. The normalized spacial score (nSPS) is 12.1. The molecule has 0 aliphatic heterocycles. The van der Waals surface area contributed by atoms with E-state index in [0.717, 1.165) is 4.01 Å². The average Bonchev–Trinajstić information content (AvgIpc) is 2.41. The van der Waals surface area contributed by atoms with Gasteiger partial charge in [0.25, 0.3) is 0 Å². The molecular weight excluding hydrogens is 308 g/mol. The van der Waals surface area contributed by atoms with Crippen LogP contribution in [-0.4, -0.2) is 9.13 Å². The Labute approximate surface area is 95.2 Å². The van der Waals surface area contributed by atoms with Crippen LogP contribution in [0.1, 0.15) is 0 Å². The summed E-state index contributed by atoms with van der Waals surface area (Å²) in [5.41, 5.74) is 2.34. The minimum absolute atomic E-state index is 1.04. The van der Waals surface area contributed by atoms with Crippen molar-refractivity contribution >= 4 is 30.4 Å². The van der Waals surface area contributed by atoms with Gasteiger partial charge in [0, 0.05) is 0 Å². The van der Waals surface area contributed by atoms with Crippen LogP contribution in [0.4, 0.5) is 0 Å². The molecule has 0 bridgehead atoms. The Kier molecular flexibility index (Phi) is 2.83. The summed E-state index contributed by atoms with van der Waals surface area (Å²) < 4.78 is 5.20. The predicted octanol–water partition coefficient (Wildman–Crippen LogP) is 2.97. The molecule has 1 aromatic heterocycles. The molecule has 1 heterocycles. The van der Waals surface area contributed by atoms with E-state index in [-0.39, 0.29) is 0 Å². The van der Waals surface area contributed by atoms with Gasteiger partial charge in [0.15, 0.2) is 0 Å². The van der Waals surface area contributed by atoms with Crippen LogP contribution in [0.5, 0.6) is 0 Å². The van der Waals surface area contributed by atoms with E-state index in [2.05, 4.69) is 21.3 Å². The van der Waals surface area contributed by atoms with Gasteiger partial charge in [-0.05, 0) is 0 Å². The van der Waals surface area contributed by atoms with E-state index in [1.165, 1.54) is 11.0 Å². The molecule has 0 saturated heterocycles. The van der Waals surface area contributed by atoms with Crippen molar-refractivity contribution in [3.63, 3.8) is 0 Å². The maximum atomic E-state index is 6.05. The summed E-state index contributed by atoms with van der Waals surface area (Å²) in [5, 5.41) is 0. The third-order valence-corrected chi connectivity index (χ3v) is 5.43. The number of aromatic nitrogens is 2. The standard InChI is InChI=1S/C9H10N2.2ClH.Ru/c1-10-7-11(2)9-6-4-3-5-8(9)10;;;/h3-6H,1-2H3;2*1H;/q;;;+2/p-2. The summed E-state index contributed by atoms with van der Waals surface area (Å²) in [5.74, 6) is 0. The summed E-state index contributed by atoms with van der Waals surface area (Å²) in [7, 11) is 16.1. The van der Waals surface area contributed by atoms with Gasteiger partial charge in [-0.1, -0.05) is 0 Å². The zero-order valence-electron chi connectivity index (χ0n) is 7.81. The van der Waals surface area contributed by atoms with E-state index < -0.39 is 13.5 Å². The molecular formula is C9H10Cl2N2Ru. The number of aryl methyl sites for hydroxylation is 2. The van der Waals surface area contributed by atoms with Gasteiger partial charge in [-0.2, -0.15) is 0 Å². The number of hydrogen-bond donors (Lipinski definition) is 0. The Morgan fingerprint density at radius 2 is 1.43 bits per heavy atom. The first-order chi connectivity index (χ1) is 6.63. The first-order valence-electron chi connectivity index (χ1n) is 4.06. The van der Waals surface area contributed by atoms with Crippen molar-refractivity contribution in [1.29, 1.82) is 0 Å². The topological polar surface area (TPSA) is 9.86 Å². The first kappa shape index (κ1) is 10.4. The first-order valence-corrected chi connectivity index (χ1v) is 9.41. The second-order valence-electron chi connectivity index (χ2n) is 3.05. The Morgan fingerprint density at radius 3 is 1.79 bits per heavy atom. The second kappa shape index (κ2) is 3.80. The number of benzene rings is 1. The third-order valence-electron chi connectivity index (χ3n) is 2.26. The number of halogens is 2. The van der Waals surface area contributed by atoms with Crippen LogP contribution in [-0.2, 0) is 27.6 Å². The van der Waals surface area contributed by atoms with Crippen molar-refractivity contribution in [2.24, 2.45) is 14.1 Å². The molecule has 0 aliphatic carbocycles. The SMILES string of the molecule is Cn1[c](=[Ru]([Cl])[Cl])n(C)c2ccccc21. The third kappa shape index (κ3) is 1.48. The molecule has 1 aromatic carbocycles. The number of rotatable bonds is 0. The van der Waals surface area contributed by atoms with Crippen molar-refractivity contribution in [3.05, 3.63) is 28.3 Å². The number of hydrogen-bond acceptors (Lipinski definition) is 0. The van der Waals surface area contributed by atoms with Gasteiger partial charge < -0.3 is 0 Å². The number of fused-ring (bicyclic) bond motifs is 1. The fraction of sp³-hybridized carbons (Fsp3) is 0.222. The monoisotopic (exact) mass is 318 g/mol. The molecule has 0 aliphatic rings. The Bertz CT molecular complexity index is 507. The van der Waals surface area contributed by atoms with Crippen LogP contribution in [0.15, 0.2) is 24.3 Å². The fourth-order valence-electron chi connectivity index (χ4n) is 1.63. The molecule has 2 aromatic rings. The van der Waals surface area contributed by atoms with Crippen LogP contribution < -0.4 is 0 Å². The van der Waals surface area contributed by atoms with E-state index in [9.17, 15) is 0 Å². The minimum atomic E-state index is -1.85. The van der Waals surface area contributed by atoms with E-state index in [0.29, 0.717) is 0 Å². The summed E-state index contributed by atoms with van der Waals surface area (Å²) in [6.07, 6.45) is 0. The molecule has 0 N–H and O–H groups in total. The van der Waals surface area contributed by atoms with Crippen LogP contribution in [0.25, 0.3) is 11.0 Å². The van der Waals surface area contributed by atoms with Crippen molar-refractivity contribution in [3.8, 4) is 0 Å². The van der Waals surface area contributed by atoms with Gasteiger partial charge >= 0.3 is 95.4 Å². The summed E-state index contributed by atoms with van der Waals surface area (Å²) in [6, 6.07) is 8.19. The van der Waals surface area contributed by atoms with E-state index >= 15 is 0 Å². The maximum absolute atomic E-state index is 6.05. The molecule has 0 amide bonds. The number of nitrogens with zero attached hydrogens (tertiary/aromatic N) is 2. The molecule has 0 fully saturated rings. The molecule has 0 atom stereocenters. The predicted molar refractivity (Wildman–Crippen MR) is 56.8 cm³/mol. The number of para-hydroxylation sites is 2. The van der Waals surface area contributed by atoms with Gasteiger partial charge in [0.1, 0.15) is 0 Å². The zero-order valence-corrected chi connectivity index (χ0v) is 11.1. The van der Waals surface area contributed by atoms with Crippen LogP contribution in [0, 0.1) is 4.01 Å². The molecule has 0 spiro atoms. The van der Waals surface area contributed by atoms with E-state index in [4.69, 9.17) is 19.4 Å². The van der Waals surface area contributed by atoms with Crippen LogP contribution in [0.2, 0.25) is 0 Å². The summed E-state index contributed by atoms with van der Waals surface area (Å²) in [4.78, 5) is 0. The van der Waals surface area contributed by atoms with E-state index in [1.807, 2.05) is 26.2 Å². The van der Waals surface area contributed by atoms with Crippen LogP contribution in [0.3, 0.4) is 0 Å². The molecule has 2 nitrogen and oxygen atoms in total. The molecule has 0 unspecified atom stereocenters. The summed E-state index contributed by atoms with van der Waals surface area (Å²) >= 11 is -1.85. The van der Waals surface area contributed by atoms with Gasteiger partial charge in [-0.3, -0.25) is 0 Å². The van der Waals surface area contributed by atoms with Gasteiger partial charge in [-0.15, -0.1) is 0 Å². The average molecular weight is 318 g/mol.